The van der Waals surface area contributed by atoms with Gasteiger partial charge in [-0.1, -0.05) is 18.2 Å². The molecule has 0 aliphatic carbocycles. The lowest BCUT2D eigenvalue weighted by atomic mass is 9.93. The molecule has 1 aliphatic rings. The van der Waals surface area contributed by atoms with Crippen LogP contribution in [0.3, 0.4) is 0 Å². The number of ether oxygens (including phenoxy) is 1. The number of aromatic nitrogens is 1. The van der Waals surface area contributed by atoms with Gasteiger partial charge in [0.2, 0.25) is 5.91 Å². The highest BCUT2D eigenvalue weighted by molar-refractivity contribution is 5.85. The second-order valence-corrected chi connectivity index (χ2v) is 5.69. The van der Waals surface area contributed by atoms with Crippen LogP contribution in [0.2, 0.25) is 0 Å². The van der Waals surface area contributed by atoms with Crippen LogP contribution in [-0.4, -0.2) is 43.7 Å². The first-order valence-electron chi connectivity index (χ1n) is 7.62. The van der Waals surface area contributed by atoms with Crippen LogP contribution < -0.4 is 10.6 Å². The first-order valence-corrected chi connectivity index (χ1v) is 7.62. The molecular weight excluding hydrogens is 349 g/mol. The quantitative estimate of drug-likeness (QED) is 0.843. The maximum atomic E-state index is 11.8. The van der Waals surface area contributed by atoms with Gasteiger partial charge in [-0.25, -0.2) is 0 Å². The number of para-hydroxylation sites is 1. The fourth-order valence-electron chi connectivity index (χ4n) is 2.99. The minimum Gasteiger partial charge on any atom is -0.379 e. The third-order valence-corrected chi connectivity index (χ3v) is 4.10. The monoisotopic (exact) mass is 371 g/mol. The number of hydrogen-bond donors (Lipinski definition) is 2. The van der Waals surface area contributed by atoms with E-state index < -0.39 is 0 Å². The molecule has 1 aliphatic heterocycles. The van der Waals surface area contributed by atoms with E-state index in [2.05, 4.69) is 27.8 Å². The fraction of sp³-hybridized carbons (Fsp3) is 0.412. The van der Waals surface area contributed by atoms with Gasteiger partial charge in [-0.2, -0.15) is 0 Å². The number of rotatable bonds is 5. The molecule has 1 aromatic carbocycles. The third-order valence-electron chi connectivity index (χ3n) is 4.10. The van der Waals surface area contributed by atoms with E-state index in [1.165, 1.54) is 10.9 Å². The number of nitrogens with zero attached hydrogens (tertiary/aromatic N) is 1. The van der Waals surface area contributed by atoms with Crippen molar-refractivity contribution in [2.24, 2.45) is 5.92 Å². The molecule has 1 saturated heterocycles. The maximum absolute atomic E-state index is 11.8. The normalized spacial score (nSPS) is 19.4. The highest BCUT2D eigenvalue weighted by Crippen LogP contribution is 2.24. The van der Waals surface area contributed by atoms with Crippen molar-refractivity contribution in [3.8, 4) is 0 Å². The van der Waals surface area contributed by atoms with Gasteiger partial charge in [-0.15, -0.1) is 24.8 Å². The minimum atomic E-state index is 0. The predicted octanol–water partition coefficient (Wildman–Crippen LogP) is 1.97. The Hall–Kier alpha value is -1.40. The van der Waals surface area contributed by atoms with Crippen LogP contribution in [0.1, 0.15) is 5.56 Å². The van der Waals surface area contributed by atoms with E-state index in [4.69, 9.17) is 4.74 Å². The molecule has 132 valence electrons. The van der Waals surface area contributed by atoms with Crippen LogP contribution in [0.4, 0.5) is 0 Å². The van der Waals surface area contributed by atoms with Crippen molar-refractivity contribution in [3.05, 3.63) is 42.1 Å². The summed E-state index contributed by atoms with van der Waals surface area (Å²) in [5.74, 6) is 0.314. The first-order chi connectivity index (χ1) is 10.8. The second-order valence-electron chi connectivity index (χ2n) is 5.69. The number of nitrogens with one attached hydrogen (secondary N) is 2. The number of benzene rings is 1. The zero-order chi connectivity index (χ0) is 15.4. The highest BCUT2D eigenvalue weighted by atomic mass is 35.5. The van der Waals surface area contributed by atoms with Crippen molar-refractivity contribution in [1.29, 1.82) is 0 Å². The molecule has 3 rings (SSSR count). The molecule has 1 fully saturated rings. The molecule has 2 aromatic rings. The Bertz CT molecular complexity index is 664. The fourth-order valence-corrected chi connectivity index (χ4v) is 2.99. The number of carbonyl (C=O) groups is 1. The Labute approximate surface area is 154 Å². The molecule has 5 nitrogen and oxygen atoms in total. The van der Waals surface area contributed by atoms with Crippen molar-refractivity contribution in [3.63, 3.8) is 0 Å². The molecule has 0 spiro atoms. The summed E-state index contributed by atoms with van der Waals surface area (Å²) < 4.78 is 5.58. The van der Waals surface area contributed by atoms with Crippen LogP contribution in [0.25, 0.3) is 10.9 Å². The van der Waals surface area contributed by atoms with E-state index in [0.29, 0.717) is 25.7 Å². The van der Waals surface area contributed by atoms with Gasteiger partial charge < -0.3 is 15.4 Å². The molecule has 1 aromatic heterocycles. The van der Waals surface area contributed by atoms with E-state index >= 15 is 0 Å². The van der Waals surface area contributed by atoms with Gasteiger partial charge in [0.25, 0.3) is 0 Å². The smallest absolute Gasteiger partial charge is 0.234 e. The zero-order valence-electron chi connectivity index (χ0n) is 13.5. The number of pyridine rings is 1. The number of carbonyl (C=O) groups excluding carboxylic acids is 1. The van der Waals surface area contributed by atoms with Crippen LogP contribution in [0, 0.1) is 5.92 Å². The summed E-state index contributed by atoms with van der Waals surface area (Å²) >= 11 is 0. The van der Waals surface area contributed by atoms with E-state index in [9.17, 15) is 4.79 Å². The number of amides is 1. The number of halogens is 2. The second kappa shape index (κ2) is 9.79. The molecule has 2 heterocycles. The summed E-state index contributed by atoms with van der Waals surface area (Å²) in [6.07, 6.45) is 2.73. The predicted molar refractivity (Wildman–Crippen MR) is 100 cm³/mol. The molecule has 24 heavy (non-hydrogen) atoms. The average molecular weight is 372 g/mol. The van der Waals surface area contributed by atoms with E-state index in [0.717, 1.165) is 11.9 Å². The lowest BCUT2D eigenvalue weighted by Crippen LogP contribution is -2.43. The molecule has 7 heteroatoms. The number of likely N-dealkylation sites (N-methyl/N-ethyl adjacent to an activating group) is 1. The van der Waals surface area contributed by atoms with E-state index in [1.54, 1.807) is 7.05 Å². The van der Waals surface area contributed by atoms with Crippen molar-refractivity contribution in [2.75, 3.05) is 26.8 Å². The topological polar surface area (TPSA) is 63.2 Å². The highest BCUT2D eigenvalue weighted by Gasteiger charge is 2.29. The molecule has 0 saturated carbocycles. The van der Waals surface area contributed by atoms with Gasteiger partial charge in [0, 0.05) is 17.5 Å². The summed E-state index contributed by atoms with van der Waals surface area (Å²) in [6.45, 7) is 1.60. The lowest BCUT2D eigenvalue weighted by Gasteiger charge is -2.19. The first kappa shape index (κ1) is 20.6. The molecule has 0 radical (unpaired) electrons. The summed E-state index contributed by atoms with van der Waals surface area (Å²) in [4.78, 5) is 16.2. The Morgan fingerprint density at radius 3 is 2.83 bits per heavy atom. The van der Waals surface area contributed by atoms with Crippen molar-refractivity contribution < 1.29 is 9.53 Å². The summed E-state index contributed by atoms with van der Waals surface area (Å²) in [5.41, 5.74) is 2.27. The van der Waals surface area contributed by atoms with Gasteiger partial charge in [0.15, 0.2) is 0 Å². The van der Waals surface area contributed by atoms with Crippen molar-refractivity contribution in [1.82, 2.24) is 15.6 Å². The van der Waals surface area contributed by atoms with Crippen molar-refractivity contribution in [2.45, 2.75) is 12.5 Å². The average Bonchev–Trinajstić information content (AvgIpc) is 2.95. The van der Waals surface area contributed by atoms with Crippen LogP contribution in [0.15, 0.2) is 36.5 Å². The van der Waals surface area contributed by atoms with Gasteiger partial charge in [-0.05, 0) is 31.2 Å². The molecule has 1 amide bonds. The summed E-state index contributed by atoms with van der Waals surface area (Å²) in [5, 5.41) is 7.10. The summed E-state index contributed by atoms with van der Waals surface area (Å²) in [7, 11) is 1.77. The minimum absolute atomic E-state index is 0. The van der Waals surface area contributed by atoms with Gasteiger partial charge in [0.05, 0.1) is 31.3 Å². The zero-order valence-corrected chi connectivity index (χ0v) is 15.2. The molecule has 2 atom stereocenters. The lowest BCUT2D eigenvalue weighted by molar-refractivity contribution is -0.121. The number of hydrogen-bond acceptors (Lipinski definition) is 4. The molecule has 0 unspecified atom stereocenters. The van der Waals surface area contributed by atoms with Crippen LogP contribution in [-0.2, 0) is 16.0 Å². The van der Waals surface area contributed by atoms with Gasteiger partial charge in [0.1, 0.15) is 0 Å². The number of fused-ring (bicyclic) bond motifs is 1. The van der Waals surface area contributed by atoms with Crippen LogP contribution in [0.5, 0.6) is 0 Å². The van der Waals surface area contributed by atoms with Crippen molar-refractivity contribution >= 4 is 41.6 Å². The Morgan fingerprint density at radius 1 is 1.25 bits per heavy atom. The third kappa shape index (κ3) is 4.80. The Morgan fingerprint density at radius 2 is 2.04 bits per heavy atom. The molecule has 2 N–H and O–H groups in total. The van der Waals surface area contributed by atoms with Crippen LogP contribution >= 0.6 is 24.8 Å². The Kier molecular flexibility index (Phi) is 8.42. The Balaban J connectivity index is 0.00000144. The molecular formula is C17H23Cl2N3O2. The SMILES string of the molecule is CNCC(=O)N[C@H]1COC[C@H]1Cc1ccnc2ccccc12.Cl.Cl. The van der Waals surface area contributed by atoms with Gasteiger partial charge in [-0.3, -0.25) is 9.78 Å². The largest absolute Gasteiger partial charge is 0.379 e. The summed E-state index contributed by atoms with van der Waals surface area (Å²) in [6, 6.07) is 10.3. The maximum Gasteiger partial charge on any atom is 0.234 e. The molecule has 0 bridgehead atoms. The van der Waals surface area contributed by atoms with E-state index in [1.807, 2.05) is 24.4 Å². The van der Waals surface area contributed by atoms with E-state index in [-0.39, 0.29) is 36.8 Å². The van der Waals surface area contributed by atoms with Gasteiger partial charge >= 0.3 is 0 Å². The standard InChI is InChI=1S/C17H21N3O2.2ClH/c1-18-9-17(21)20-16-11-22-10-13(16)8-12-6-7-19-15-5-3-2-4-14(12)15;;/h2-7,13,16,18H,8-11H2,1H3,(H,20,21);2*1H/t13-,16+;;/m1../s1.